The number of carbonyl (C=O) groups excluding carboxylic acids is 1. The van der Waals surface area contributed by atoms with Gasteiger partial charge in [-0.3, -0.25) is 9.00 Å². The summed E-state index contributed by atoms with van der Waals surface area (Å²) >= 11 is 0. The van der Waals surface area contributed by atoms with Crippen molar-refractivity contribution < 1.29 is 17.8 Å². The molecule has 0 aliphatic carbocycles. The molecule has 2 aromatic carbocycles. The van der Waals surface area contributed by atoms with Gasteiger partial charge in [0.05, 0.1) is 11.4 Å². The molecular weight excluding hydrogens is 403 g/mol. The molecule has 1 atom stereocenters. The Hall–Kier alpha value is -2.80. The first-order valence-corrected chi connectivity index (χ1v) is 11.3. The fourth-order valence-electron chi connectivity index (χ4n) is 2.97. The van der Waals surface area contributed by atoms with Crippen LogP contribution < -0.4 is 5.32 Å². The highest BCUT2D eigenvalue weighted by atomic mass is 32.2. The van der Waals surface area contributed by atoms with E-state index in [2.05, 4.69) is 17.2 Å². The molecule has 30 heavy (non-hydrogen) atoms. The standard InChI is InChI=1S/C23H25FN2O3S/c1-3-17-4-8-19(9-5-17)23-26-21(16(2)29-23)14-30(28)15-22(27)25-13-12-18-6-10-20(24)11-7-18/h4-11H,3,12-15H2,1-2H3,(H,25,27). The first-order chi connectivity index (χ1) is 14.4. The Morgan fingerprint density at radius 2 is 1.77 bits per heavy atom. The summed E-state index contributed by atoms with van der Waals surface area (Å²) in [5, 5.41) is 2.75. The highest BCUT2D eigenvalue weighted by molar-refractivity contribution is 7.84. The van der Waals surface area contributed by atoms with E-state index in [1.807, 2.05) is 24.3 Å². The van der Waals surface area contributed by atoms with E-state index < -0.39 is 10.8 Å². The Morgan fingerprint density at radius 3 is 2.43 bits per heavy atom. The van der Waals surface area contributed by atoms with Crippen LogP contribution in [0.15, 0.2) is 52.9 Å². The van der Waals surface area contributed by atoms with Crippen LogP contribution in [0.3, 0.4) is 0 Å². The third kappa shape index (κ3) is 6.10. The monoisotopic (exact) mass is 428 g/mol. The van der Waals surface area contributed by atoms with Crippen LogP contribution in [-0.2, 0) is 34.2 Å². The third-order valence-electron chi connectivity index (χ3n) is 4.74. The van der Waals surface area contributed by atoms with Crippen LogP contribution in [0.4, 0.5) is 4.39 Å². The molecule has 0 fully saturated rings. The number of halogens is 1. The molecule has 1 N–H and O–H groups in total. The summed E-state index contributed by atoms with van der Waals surface area (Å²) in [4.78, 5) is 16.5. The molecule has 158 valence electrons. The summed E-state index contributed by atoms with van der Waals surface area (Å²) in [5.74, 6) is 0.583. The molecule has 0 aliphatic heterocycles. The van der Waals surface area contributed by atoms with E-state index in [9.17, 15) is 13.4 Å². The lowest BCUT2D eigenvalue weighted by Gasteiger charge is -2.05. The minimum Gasteiger partial charge on any atom is -0.441 e. The van der Waals surface area contributed by atoms with Gasteiger partial charge in [-0.25, -0.2) is 9.37 Å². The number of nitrogens with one attached hydrogen (secondary N) is 1. The minimum absolute atomic E-state index is 0.101. The fraction of sp³-hybridized carbons (Fsp3) is 0.304. The van der Waals surface area contributed by atoms with E-state index in [1.165, 1.54) is 17.7 Å². The van der Waals surface area contributed by atoms with Gasteiger partial charge < -0.3 is 9.73 Å². The lowest BCUT2D eigenvalue weighted by Crippen LogP contribution is -2.30. The summed E-state index contributed by atoms with van der Waals surface area (Å²) in [7, 11) is -1.39. The second-order valence-corrected chi connectivity index (χ2v) is 8.48. The van der Waals surface area contributed by atoms with Gasteiger partial charge in [-0.2, -0.15) is 0 Å². The van der Waals surface area contributed by atoms with Crippen molar-refractivity contribution in [1.82, 2.24) is 10.3 Å². The number of aryl methyl sites for hydroxylation is 2. The Bertz CT molecular complexity index is 1010. The van der Waals surface area contributed by atoms with Crippen molar-refractivity contribution in [3.8, 4) is 11.5 Å². The van der Waals surface area contributed by atoms with Crippen LogP contribution >= 0.6 is 0 Å². The van der Waals surface area contributed by atoms with Gasteiger partial charge in [0, 0.05) is 22.9 Å². The number of aromatic nitrogens is 1. The molecule has 0 saturated heterocycles. The molecule has 3 aromatic rings. The number of hydrogen-bond donors (Lipinski definition) is 1. The van der Waals surface area contributed by atoms with Gasteiger partial charge in [0.15, 0.2) is 0 Å². The van der Waals surface area contributed by atoms with Gasteiger partial charge in [0.25, 0.3) is 0 Å². The molecule has 0 radical (unpaired) electrons. The predicted molar refractivity (Wildman–Crippen MR) is 116 cm³/mol. The van der Waals surface area contributed by atoms with Crippen molar-refractivity contribution in [3.63, 3.8) is 0 Å². The van der Waals surface area contributed by atoms with Crippen molar-refractivity contribution in [2.24, 2.45) is 0 Å². The largest absolute Gasteiger partial charge is 0.441 e. The van der Waals surface area contributed by atoms with Crippen LogP contribution in [-0.4, -0.2) is 27.4 Å². The molecule has 0 aliphatic rings. The van der Waals surface area contributed by atoms with Crippen molar-refractivity contribution in [2.75, 3.05) is 12.3 Å². The lowest BCUT2D eigenvalue weighted by molar-refractivity contribution is -0.118. The summed E-state index contributed by atoms with van der Waals surface area (Å²) < 4.78 is 31.0. The zero-order chi connectivity index (χ0) is 21.5. The van der Waals surface area contributed by atoms with E-state index in [0.717, 1.165) is 17.5 Å². The number of nitrogens with zero attached hydrogens (tertiary/aromatic N) is 1. The number of benzene rings is 2. The molecule has 0 spiro atoms. The highest BCUT2D eigenvalue weighted by Gasteiger charge is 2.16. The molecule has 7 heteroatoms. The Morgan fingerprint density at radius 1 is 1.10 bits per heavy atom. The predicted octanol–water partition coefficient (Wildman–Crippen LogP) is 3.96. The summed E-state index contributed by atoms with van der Waals surface area (Å²) in [6, 6.07) is 14.1. The Kier molecular flexibility index (Phi) is 7.52. The maximum absolute atomic E-state index is 12.9. The van der Waals surface area contributed by atoms with Gasteiger partial charge in [0.1, 0.15) is 17.3 Å². The normalized spacial score (nSPS) is 12.0. The van der Waals surface area contributed by atoms with E-state index in [-0.39, 0.29) is 23.2 Å². The number of amides is 1. The fourth-order valence-corrected chi connectivity index (χ4v) is 4.04. The first-order valence-electron chi connectivity index (χ1n) is 9.86. The van der Waals surface area contributed by atoms with Crippen LogP contribution in [0.25, 0.3) is 11.5 Å². The zero-order valence-electron chi connectivity index (χ0n) is 17.1. The number of rotatable bonds is 9. The Balaban J connectivity index is 1.49. The number of oxazole rings is 1. The number of hydrogen-bond acceptors (Lipinski definition) is 4. The van der Waals surface area contributed by atoms with Gasteiger partial charge in [-0.15, -0.1) is 0 Å². The van der Waals surface area contributed by atoms with E-state index in [4.69, 9.17) is 4.42 Å². The van der Waals surface area contributed by atoms with Crippen LogP contribution in [0.1, 0.15) is 29.5 Å². The average Bonchev–Trinajstić information content (AvgIpc) is 3.09. The van der Waals surface area contributed by atoms with E-state index in [0.29, 0.717) is 30.3 Å². The van der Waals surface area contributed by atoms with Gasteiger partial charge in [-0.1, -0.05) is 31.2 Å². The molecule has 1 aromatic heterocycles. The molecule has 0 bridgehead atoms. The molecule has 3 rings (SSSR count). The Labute approximate surface area is 178 Å². The molecule has 5 nitrogen and oxygen atoms in total. The molecule has 0 saturated carbocycles. The van der Waals surface area contributed by atoms with Crippen molar-refractivity contribution in [3.05, 3.63) is 76.9 Å². The smallest absolute Gasteiger partial charge is 0.232 e. The van der Waals surface area contributed by atoms with Crippen molar-refractivity contribution >= 4 is 16.7 Å². The van der Waals surface area contributed by atoms with Crippen molar-refractivity contribution in [2.45, 2.75) is 32.4 Å². The van der Waals surface area contributed by atoms with E-state index in [1.54, 1.807) is 19.1 Å². The maximum atomic E-state index is 12.9. The van der Waals surface area contributed by atoms with Crippen LogP contribution in [0, 0.1) is 12.7 Å². The molecule has 1 unspecified atom stereocenters. The van der Waals surface area contributed by atoms with Gasteiger partial charge in [-0.05, 0) is 55.2 Å². The number of carbonyl (C=O) groups is 1. The van der Waals surface area contributed by atoms with Crippen LogP contribution in [0.2, 0.25) is 0 Å². The highest BCUT2D eigenvalue weighted by Crippen LogP contribution is 2.23. The summed E-state index contributed by atoms with van der Waals surface area (Å²) in [5.41, 5.74) is 3.62. The SMILES string of the molecule is CCc1ccc(-c2nc(CS(=O)CC(=O)NCCc3ccc(F)cc3)c(C)o2)cc1. The quantitative estimate of drug-likeness (QED) is 0.560. The summed E-state index contributed by atoms with van der Waals surface area (Å²) in [6.07, 6.45) is 1.54. The van der Waals surface area contributed by atoms with Gasteiger partial charge >= 0.3 is 0 Å². The molecular formula is C23H25FN2O3S. The lowest BCUT2D eigenvalue weighted by atomic mass is 10.1. The minimum atomic E-state index is -1.39. The van der Waals surface area contributed by atoms with Crippen LogP contribution in [0.5, 0.6) is 0 Å². The maximum Gasteiger partial charge on any atom is 0.232 e. The third-order valence-corrected chi connectivity index (χ3v) is 5.92. The van der Waals surface area contributed by atoms with Gasteiger partial charge in [0.2, 0.25) is 11.8 Å². The molecule has 1 amide bonds. The second-order valence-electron chi connectivity index (χ2n) is 7.03. The first kappa shape index (κ1) is 21.9. The van der Waals surface area contributed by atoms with E-state index >= 15 is 0 Å². The van der Waals surface area contributed by atoms with Crippen molar-refractivity contribution in [1.29, 1.82) is 0 Å². The summed E-state index contributed by atoms with van der Waals surface area (Å²) in [6.45, 7) is 4.28. The zero-order valence-corrected chi connectivity index (χ0v) is 17.9. The molecule has 1 heterocycles. The average molecular weight is 429 g/mol. The topological polar surface area (TPSA) is 72.2 Å². The second kappa shape index (κ2) is 10.3.